The van der Waals surface area contributed by atoms with Crippen molar-refractivity contribution in [2.24, 2.45) is 0 Å². The number of ether oxygens (including phenoxy) is 1. The Morgan fingerprint density at radius 1 is 1.33 bits per heavy atom. The molecular formula is C18H18BrCl3N2O5S. The van der Waals surface area contributed by atoms with Gasteiger partial charge in [-0.25, -0.2) is 4.79 Å². The molecule has 2 fully saturated rings. The zero-order valence-electron chi connectivity index (χ0n) is 15.6. The largest absolute Gasteiger partial charge is 0.460 e. The lowest BCUT2D eigenvalue weighted by Crippen LogP contribution is -2.81. The smallest absolute Gasteiger partial charge is 0.330 e. The number of amides is 2. The van der Waals surface area contributed by atoms with Gasteiger partial charge >= 0.3 is 5.97 Å². The van der Waals surface area contributed by atoms with Crippen LogP contribution in [0.15, 0.2) is 30.3 Å². The van der Waals surface area contributed by atoms with E-state index in [1.807, 2.05) is 6.07 Å². The van der Waals surface area contributed by atoms with E-state index in [0.29, 0.717) is 0 Å². The van der Waals surface area contributed by atoms with Crippen LogP contribution in [0.25, 0.3) is 0 Å². The summed E-state index contributed by atoms with van der Waals surface area (Å²) in [6.07, 6.45) is 0.0782. The van der Waals surface area contributed by atoms with Crippen molar-refractivity contribution >= 4 is 79.3 Å². The maximum Gasteiger partial charge on any atom is 0.330 e. The zero-order valence-corrected chi connectivity index (χ0v) is 20.3. The van der Waals surface area contributed by atoms with Crippen LogP contribution in [0.4, 0.5) is 0 Å². The van der Waals surface area contributed by atoms with Crippen molar-refractivity contribution in [3.63, 3.8) is 0 Å². The molecule has 2 aliphatic heterocycles. The number of halogens is 4. The molecule has 7 nitrogen and oxygen atoms in total. The molecular weight excluding hydrogens is 543 g/mol. The van der Waals surface area contributed by atoms with Crippen LogP contribution in [0.1, 0.15) is 12.5 Å². The van der Waals surface area contributed by atoms with Crippen molar-refractivity contribution in [2.45, 2.75) is 38.9 Å². The van der Waals surface area contributed by atoms with Crippen molar-refractivity contribution in [3.05, 3.63) is 35.9 Å². The van der Waals surface area contributed by atoms with Gasteiger partial charge < -0.3 is 15.0 Å². The van der Waals surface area contributed by atoms with Gasteiger partial charge in [-0.1, -0.05) is 81.1 Å². The molecule has 0 spiro atoms. The van der Waals surface area contributed by atoms with E-state index in [0.717, 1.165) is 5.56 Å². The summed E-state index contributed by atoms with van der Waals surface area (Å²) in [7, 11) is -1.51. The fraction of sp³-hybridized carbons (Fsp3) is 0.500. The standard InChI is InChI=1S/C18H18BrCl3N2O5S/c1-17(19)9-30(28)15-12(23-11(25)7-10-5-3-2-4-6-10)14(26)24(15)13(17)16(27)29-8-18(20,21)22/h2-6,12-13,15H,7-9H2,1H3,(H,23,25)/t12?,13?,15-,17?,30?/m1/s1. The summed E-state index contributed by atoms with van der Waals surface area (Å²) in [4.78, 5) is 39.0. The third kappa shape index (κ3) is 5.12. The first-order valence-electron chi connectivity index (χ1n) is 8.86. The van der Waals surface area contributed by atoms with E-state index >= 15 is 0 Å². The van der Waals surface area contributed by atoms with Crippen LogP contribution in [0.3, 0.4) is 0 Å². The second-order valence-corrected chi connectivity index (χ2v) is 13.1. The molecule has 30 heavy (non-hydrogen) atoms. The second kappa shape index (κ2) is 8.94. The molecule has 0 saturated carbocycles. The predicted molar refractivity (Wildman–Crippen MR) is 118 cm³/mol. The summed E-state index contributed by atoms with van der Waals surface area (Å²) in [5.41, 5.74) is 0.782. The number of alkyl halides is 4. The molecule has 164 valence electrons. The summed E-state index contributed by atoms with van der Waals surface area (Å²) in [5.74, 6) is -1.61. The van der Waals surface area contributed by atoms with Crippen LogP contribution < -0.4 is 5.32 Å². The first kappa shape index (κ1) is 23.8. The van der Waals surface area contributed by atoms with Crippen molar-refractivity contribution in [1.29, 1.82) is 0 Å². The highest BCUT2D eigenvalue weighted by Crippen LogP contribution is 2.41. The number of nitrogens with one attached hydrogen (secondary N) is 1. The third-order valence-electron chi connectivity index (χ3n) is 4.75. The molecule has 3 rings (SSSR count). The van der Waals surface area contributed by atoms with E-state index in [4.69, 9.17) is 39.5 Å². The molecule has 5 atom stereocenters. The number of rotatable bonds is 5. The molecule has 0 radical (unpaired) electrons. The fourth-order valence-electron chi connectivity index (χ4n) is 3.50. The van der Waals surface area contributed by atoms with Crippen molar-refractivity contribution in [1.82, 2.24) is 10.2 Å². The number of esters is 1. The third-order valence-corrected chi connectivity index (χ3v) is 8.08. The van der Waals surface area contributed by atoms with E-state index in [2.05, 4.69) is 21.2 Å². The van der Waals surface area contributed by atoms with E-state index < -0.39 is 54.9 Å². The summed E-state index contributed by atoms with van der Waals surface area (Å²) < 4.78 is 15.0. The minimum Gasteiger partial charge on any atom is -0.460 e. The molecule has 2 amide bonds. The van der Waals surface area contributed by atoms with Crippen molar-refractivity contribution in [2.75, 3.05) is 12.4 Å². The topological polar surface area (TPSA) is 92.8 Å². The van der Waals surface area contributed by atoms with Gasteiger partial charge in [0.05, 0.1) is 10.7 Å². The van der Waals surface area contributed by atoms with Gasteiger partial charge in [-0.3, -0.25) is 13.8 Å². The summed E-state index contributed by atoms with van der Waals surface area (Å²) in [6.45, 7) is 1.14. The Morgan fingerprint density at radius 3 is 2.57 bits per heavy atom. The average molecular weight is 561 g/mol. The first-order valence-corrected chi connectivity index (χ1v) is 12.2. The monoisotopic (exact) mass is 558 g/mol. The van der Waals surface area contributed by atoms with Crippen LogP contribution in [-0.2, 0) is 36.3 Å². The van der Waals surface area contributed by atoms with Gasteiger partial charge in [-0.05, 0) is 12.5 Å². The maximum atomic E-state index is 12.8. The van der Waals surface area contributed by atoms with Gasteiger partial charge in [0, 0.05) is 16.6 Å². The Balaban J connectivity index is 1.72. The van der Waals surface area contributed by atoms with E-state index in [1.165, 1.54) is 4.90 Å². The lowest BCUT2D eigenvalue weighted by atomic mass is 9.94. The van der Waals surface area contributed by atoms with Crippen molar-refractivity contribution in [3.8, 4) is 0 Å². The van der Waals surface area contributed by atoms with Gasteiger partial charge in [-0.15, -0.1) is 0 Å². The molecule has 4 unspecified atom stereocenters. The van der Waals surface area contributed by atoms with E-state index in [1.54, 1.807) is 31.2 Å². The number of benzene rings is 1. The number of carbonyl (C=O) groups is 3. The molecule has 0 bridgehead atoms. The number of β-lactam (4-membered cyclic amide) rings is 1. The van der Waals surface area contributed by atoms with Crippen LogP contribution in [0.5, 0.6) is 0 Å². The minimum absolute atomic E-state index is 0.0695. The lowest BCUT2D eigenvalue weighted by molar-refractivity contribution is -0.167. The van der Waals surface area contributed by atoms with Gasteiger partial charge in [0.15, 0.2) is 0 Å². The summed E-state index contributed by atoms with van der Waals surface area (Å²) in [6, 6.07) is 6.97. The molecule has 2 saturated heterocycles. The molecule has 1 aromatic rings. The quantitative estimate of drug-likeness (QED) is 0.338. The predicted octanol–water partition coefficient (Wildman–Crippen LogP) is 2.08. The number of hydrogen-bond donors (Lipinski definition) is 1. The SMILES string of the molecule is CC1(Br)CS(=O)[C@@H]2C(NC(=O)Cc3ccccc3)C(=O)N2C1C(=O)OCC(Cl)(Cl)Cl. The van der Waals surface area contributed by atoms with Crippen LogP contribution in [0.2, 0.25) is 0 Å². The van der Waals surface area contributed by atoms with Crippen LogP contribution in [0, 0.1) is 0 Å². The van der Waals surface area contributed by atoms with Crippen molar-refractivity contribution < 1.29 is 23.3 Å². The Labute approximate surface area is 199 Å². The Kier molecular flexibility index (Phi) is 7.09. The molecule has 0 aliphatic carbocycles. The van der Waals surface area contributed by atoms with Crippen LogP contribution in [-0.4, -0.2) is 64.8 Å². The second-order valence-electron chi connectivity index (χ2n) is 7.27. The Morgan fingerprint density at radius 2 is 1.97 bits per heavy atom. The molecule has 2 heterocycles. The zero-order chi connectivity index (χ0) is 22.3. The Hall–Kier alpha value is -0.870. The highest BCUT2D eigenvalue weighted by Gasteiger charge is 2.64. The highest BCUT2D eigenvalue weighted by molar-refractivity contribution is 9.10. The molecule has 0 aromatic heterocycles. The van der Waals surface area contributed by atoms with Gasteiger partial charge in [0.25, 0.3) is 0 Å². The average Bonchev–Trinajstić information content (AvgIpc) is 2.63. The highest BCUT2D eigenvalue weighted by atomic mass is 79.9. The van der Waals surface area contributed by atoms with Gasteiger partial charge in [0.1, 0.15) is 24.1 Å². The molecule has 12 heteroatoms. The number of nitrogens with zero attached hydrogens (tertiary/aromatic N) is 1. The number of carbonyl (C=O) groups excluding carboxylic acids is 3. The first-order chi connectivity index (χ1) is 13.9. The van der Waals surface area contributed by atoms with Gasteiger partial charge in [-0.2, -0.15) is 0 Å². The normalized spacial score (nSPS) is 30.8. The van der Waals surface area contributed by atoms with E-state index in [-0.39, 0.29) is 18.1 Å². The Bertz CT molecular complexity index is 880. The molecule has 1 aromatic carbocycles. The summed E-state index contributed by atoms with van der Waals surface area (Å²) in [5, 5.41) is 1.79. The van der Waals surface area contributed by atoms with Gasteiger partial charge in [0.2, 0.25) is 15.6 Å². The maximum absolute atomic E-state index is 12.8. The van der Waals surface area contributed by atoms with E-state index in [9.17, 15) is 18.6 Å². The number of fused-ring (bicyclic) bond motifs is 1. The fourth-order valence-corrected chi connectivity index (χ4v) is 6.60. The van der Waals surface area contributed by atoms with Crippen LogP contribution >= 0.6 is 50.7 Å². The minimum atomic E-state index is -1.80. The lowest BCUT2D eigenvalue weighted by Gasteiger charge is -2.56. The molecule has 1 N–H and O–H groups in total. The molecule has 2 aliphatic rings. The summed E-state index contributed by atoms with van der Waals surface area (Å²) >= 11 is 20.3. The number of hydrogen-bond acceptors (Lipinski definition) is 5.